The van der Waals surface area contributed by atoms with E-state index in [0.29, 0.717) is 0 Å². The van der Waals surface area contributed by atoms with E-state index in [1.165, 1.54) is 11.3 Å². The topological polar surface area (TPSA) is 62.2 Å². The lowest BCUT2D eigenvalue weighted by atomic mass is 10.1. The van der Waals surface area contributed by atoms with Crippen molar-refractivity contribution in [1.29, 1.82) is 0 Å². The maximum Gasteiger partial charge on any atom is 0.355 e. The Morgan fingerprint density at radius 1 is 1.37 bits per heavy atom. The number of aromatic carboxylic acids is 1. The first-order chi connectivity index (χ1) is 8.85. The molecule has 2 aromatic rings. The summed E-state index contributed by atoms with van der Waals surface area (Å²) in [6, 6.07) is 7.83. The molecule has 0 bridgehead atoms. The molecular weight excluding hydrogens is 260 g/mol. The number of carboxylic acid groups (broad SMARTS) is 1. The zero-order valence-corrected chi connectivity index (χ0v) is 11.9. The normalized spacial score (nSPS) is 11.3. The second-order valence-electron chi connectivity index (χ2n) is 5.30. The first-order valence-electron chi connectivity index (χ1n) is 5.92. The molecule has 0 unspecified atom stereocenters. The van der Waals surface area contributed by atoms with Gasteiger partial charge in [0.25, 0.3) is 0 Å². The molecular formula is C14H16N2O2S. The molecule has 0 aliphatic carbocycles. The minimum Gasteiger partial charge on any atom is -0.476 e. The highest BCUT2D eigenvalue weighted by atomic mass is 32.1. The number of aromatic nitrogens is 1. The number of benzene rings is 1. The molecule has 2 N–H and O–H groups in total. The molecule has 4 nitrogen and oxygen atoms in total. The fourth-order valence-corrected chi connectivity index (χ4v) is 2.46. The predicted molar refractivity (Wildman–Crippen MR) is 77.9 cm³/mol. The third-order valence-electron chi connectivity index (χ3n) is 2.35. The second kappa shape index (κ2) is 5.01. The fourth-order valence-electron chi connectivity index (χ4n) is 1.67. The summed E-state index contributed by atoms with van der Waals surface area (Å²) in [7, 11) is 0. The number of rotatable bonds is 3. The van der Waals surface area contributed by atoms with Crippen LogP contribution in [0.5, 0.6) is 0 Å². The highest BCUT2D eigenvalue weighted by Gasteiger charge is 2.12. The largest absolute Gasteiger partial charge is 0.476 e. The van der Waals surface area contributed by atoms with E-state index < -0.39 is 5.97 Å². The van der Waals surface area contributed by atoms with Gasteiger partial charge >= 0.3 is 5.97 Å². The van der Waals surface area contributed by atoms with Crippen LogP contribution in [0.15, 0.2) is 29.6 Å². The Hall–Kier alpha value is -1.88. The Balaban J connectivity index is 2.29. The van der Waals surface area contributed by atoms with Gasteiger partial charge in [-0.3, -0.25) is 0 Å². The van der Waals surface area contributed by atoms with Crippen LogP contribution < -0.4 is 5.32 Å². The summed E-state index contributed by atoms with van der Waals surface area (Å²) in [5, 5.41) is 14.5. The van der Waals surface area contributed by atoms with Crippen molar-refractivity contribution in [3.8, 4) is 10.6 Å². The summed E-state index contributed by atoms with van der Waals surface area (Å²) in [6.07, 6.45) is 0. The second-order valence-corrected chi connectivity index (χ2v) is 6.16. The van der Waals surface area contributed by atoms with Crippen molar-refractivity contribution in [2.45, 2.75) is 26.3 Å². The first kappa shape index (κ1) is 13.5. The number of nitrogens with zero attached hydrogens (tertiary/aromatic N) is 1. The summed E-state index contributed by atoms with van der Waals surface area (Å²) in [5.74, 6) is -0.994. The first-order valence-corrected chi connectivity index (χ1v) is 6.80. The number of thiazole rings is 1. The number of hydrogen-bond acceptors (Lipinski definition) is 4. The molecule has 0 fully saturated rings. The quantitative estimate of drug-likeness (QED) is 0.897. The van der Waals surface area contributed by atoms with E-state index in [2.05, 4.69) is 31.1 Å². The van der Waals surface area contributed by atoms with Crippen LogP contribution in [0.4, 0.5) is 5.69 Å². The van der Waals surface area contributed by atoms with E-state index in [4.69, 9.17) is 5.11 Å². The highest BCUT2D eigenvalue weighted by molar-refractivity contribution is 7.13. The molecule has 100 valence electrons. The molecule has 1 heterocycles. The molecule has 0 aliphatic rings. The van der Waals surface area contributed by atoms with Gasteiger partial charge in [0.15, 0.2) is 5.69 Å². The summed E-state index contributed by atoms with van der Waals surface area (Å²) in [4.78, 5) is 14.9. The maximum absolute atomic E-state index is 10.8. The van der Waals surface area contributed by atoms with Gasteiger partial charge in [-0.15, -0.1) is 11.3 Å². The Kier molecular flexibility index (Phi) is 3.57. The van der Waals surface area contributed by atoms with Crippen molar-refractivity contribution < 1.29 is 9.90 Å². The van der Waals surface area contributed by atoms with Crippen LogP contribution in [-0.2, 0) is 0 Å². The van der Waals surface area contributed by atoms with Crippen molar-refractivity contribution in [1.82, 2.24) is 4.98 Å². The molecule has 0 saturated heterocycles. The lowest BCUT2D eigenvalue weighted by Crippen LogP contribution is -2.25. The maximum atomic E-state index is 10.8. The van der Waals surface area contributed by atoms with Crippen LogP contribution in [0.2, 0.25) is 0 Å². The zero-order chi connectivity index (χ0) is 14.0. The molecule has 0 aliphatic heterocycles. The van der Waals surface area contributed by atoms with Crippen molar-refractivity contribution in [3.63, 3.8) is 0 Å². The van der Waals surface area contributed by atoms with Gasteiger partial charge in [-0.2, -0.15) is 0 Å². The Morgan fingerprint density at radius 2 is 2.11 bits per heavy atom. The molecule has 0 amide bonds. The van der Waals surface area contributed by atoms with E-state index in [1.54, 1.807) is 5.38 Å². The van der Waals surface area contributed by atoms with Crippen LogP contribution in [0.1, 0.15) is 31.3 Å². The summed E-state index contributed by atoms with van der Waals surface area (Å²) < 4.78 is 0. The molecule has 0 saturated carbocycles. The third kappa shape index (κ3) is 3.54. The van der Waals surface area contributed by atoms with Gasteiger partial charge in [0.1, 0.15) is 5.01 Å². The van der Waals surface area contributed by atoms with Gasteiger partial charge in [0.2, 0.25) is 0 Å². The van der Waals surface area contributed by atoms with E-state index in [0.717, 1.165) is 16.3 Å². The van der Waals surface area contributed by atoms with Gasteiger partial charge in [-0.25, -0.2) is 9.78 Å². The predicted octanol–water partition coefficient (Wildman–Crippen LogP) is 3.72. The molecule has 1 aromatic carbocycles. The minimum atomic E-state index is -0.994. The van der Waals surface area contributed by atoms with Crippen molar-refractivity contribution in [2.24, 2.45) is 0 Å². The molecule has 1 aromatic heterocycles. The van der Waals surface area contributed by atoms with E-state index in [9.17, 15) is 4.79 Å². The molecule has 5 heteroatoms. The highest BCUT2D eigenvalue weighted by Crippen LogP contribution is 2.27. The van der Waals surface area contributed by atoms with Crippen LogP contribution in [0.3, 0.4) is 0 Å². The zero-order valence-electron chi connectivity index (χ0n) is 11.1. The van der Waals surface area contributed by atoms with E-state index in [1.807, 2.05) is 24.3 Å². The van der Waals surface area contributed by atoms with Crippen LogP contribution in [0, 0.1) is 0 Å². The van der Waals surface area contributed by atoms with Crippen LogP contribution >= 0.6 is 11.3 Å². The van der Waals surface area contributed by atoms with Gasteiger partial charge in [0.05, 0.1) is 0 Å². The average molecular weight is 276 g/mol. The van der Waals surface area contributed by atoms with Crippen LogP contribution in [-0.4, -0.2) is 21.6 Å². The van der Waals surface area contributed by atoms with Crippen molar-refractivity contribution in [2.75, 3.05) is 5.32 Å². The molecule has 2 rings (SSSR count). The standard InChI is InChI=1S/C14H16N2O2S/c1-14(2,3)16-10-6-4-5-9(7-10)12-15-11(8-19-12)13(17)18/h4-8,16H,1-3H3,(H,17,18). The van der Waals surface area contributed by atoms with Gasteiger partial charge in [0, 0.05) is 22.2 Å². The van der Waals surface area contributed by atoms with E-state index >= 15 is 0 Å². The van der Waals surface area contributed by atoms with Crippen molar-refractivity contribution in [3.05, 3.63) is 35.3 Å². The molecule has 0 atom stereocenters. The van der Waals surface area contributed by atoms with E-state index in [-0.39, 0.29) is 11.2 Å². The average Bonchev–Trinajstić information content (AvgIpc) is 2.76. The Bertz CT molecular complexity index is 599. The number of hydrogen-bond donors (Lipinski definition) is 2. The molecule has 0 radical (unpaired) electrons. The van der Waals surface area contributed by atoms with Crippen LogP contribution in [0.25, 0.3) is 10.6 Å². The van der Waals surface area contributed by atoms with Gasteiger partial charge in [-0.05, 0) is 32.9 Å². The lowest BCUT2D eigenvalue weighted by Gasteiger charge is -2.22. The summed E-state index contributed by atoms with van der Waals surface area (Å²) in [5.41, 5.74) is 1.99. The molecule has 19 heavy (non-hydrogen) atoms. The Labute approximate surface area is 116 Å². The number of carbonyl (C=O) groups is 1. The summed E-state index contributed by atoms with van der Waals surface area (Å²) >= 11 is 1.34. The SMILES string of the molecule is CC(C)(C)Nc1cccc(-c2nc(C(=O)O)cs2)c1. The minimum absolute atomic E-state index is 0.0201. The summed E-state index contributed by atoms with van der Waals surface area (Å²) in [6.45, 7) is 6.27. The number of carboxylic acids is 1. The third-order valence-corrected chi connectivity index (χ3v) is 3.24. The molecule has 0 spiro atoms. The smallest absolute Gasteiger partial charge is 0.355 e. The van der Waals surface area contributed by atoms with Crippen molar-refractivity contribution >= 4 is 23.0 Å². The Morgan fingerprint density at radius 3 is 2.68 bits per heavy atom. The van der Waals surface area contributed by atoms with Gasteiger partial charge < -0.3 is 10.4 Å². The number of anilines is 1. The fraction of sp³-hybridized carbons (Fsp3) is 0.286. The monoisotopic (exact) mass is 276 g/mol. The number of nitrogens with one attached hydrogen (secondary N) is 1. The lowest BCUT2D eigenvalue weighted by molar-refractivity contribution is 0.0691. The van der Waals surface area contributed by atoms with Gasteiger partial charge in [-0.1, -0.05) is 12.1 Å².